The molecule has 1 saturated heterocycles. The van der Waals surface area contributed by atoms with Crippen molar-refractivity contribution in [3.63, 3.8) is 0 Å². The van der Waals surface area contributed by atoms with Crippen LogP contribution < -0.4 is 5.73 Å². The van der Waals surface area contributed by atoms with E-state index in [-0.39, 0.29) is 0 Å². The van der Waals surface area contributed by atoms with E-state index in [1.54, 1.807) is 0 Å². The Hall–Kier alpha value is -0.120. The van der Waals surface area contributed by atoms with E-state index < -0.39 is 0 Å². The number of hydrogen-bond donors (Lipinski definition) is 1. The van der Waals surface area contributed by atoms with Crippen LogP contribution in [-0.2, 0) is 4.74 Å². The van der Waals surface area contributed by atoms with Crippen molar-refractivity contribution in [1.29, 1.82) is 0 Å². The second-order valence-corrected chi connectivity index (χ2v) is 5.68. The molecule has 94 valence electrons. The van der Waals surface area contributed by atoms with E-state index in [0.29, 0.717) is 24.2 Å². The molecular weight excluding hydrogens is 200 g/mol. The molecule has 2 fully saturated rings. The molecule has 0 radical (unpaired) electrons. The molecule has 0 aromatic rings. The van der Waals surface area contributed by atoms with Gasteiger partial charge in [-0.3, -0.25) is 4.90 Å². The maximum absolute atomic E-state index is 6.21. The van der Waals surface area contributed by atoms with Crippen LogP contribution in [0.5, 0.6) is 0 Å². The fraction of sp³-hybridized carbons (Fsp3) is 1.00. The molecule has 0 aromatic carbocycles. The van der Waals surface area contributed by atoms with Gasteiger partial charge in [0.15, 0.2) is 0 Å². The summed E-state index contributed by atoms with van der Waals surface area (Å²) in [7, 11) is 0. The molecule has 2 rings (SSSR count). The molecule has 0 amide bonds. The summed E-state index contributed by atoms with van der Waals surface area (Å²) in [6, 6.07) is 0.433. The zero-order valence-corrected chi connectivity index (χ0v) is 10.7. The second-order valence-electron chi connectivity index (χ2n) is 5.68. The smallest absolute Gasteiger partial charge is 0.0678 e. The van der Waals surface area contributed by atoms with E-state index in [4.69, 9.17) is 10.5 Å². The predicted molar refractivity (Wildman–Crippen MR) is 66.4 cm³/mol. The maximum atomic E-state index is 6.21. The van der Waals surface area contributed by atoms with E-state index in [9.17, 15) is 0 Å². The van der Waals surface area contributed by atoms with Crippen molar-refractivity contribution in [3.05, 3.63) is 0 Å². The average molecular weight is 226 g/mol. The summed E-state index contributed by atoms with van der Waals surface area (Å²) in [5.41, 5.74) is 6.21. The highest BCUT2D eigenvalue weighted by Crippen LogP contribution is 2.24. The molecule has 1 aliphatic heterocycles. The van der Waals surface area contributed by atoms with Gasteiger partial charge >= 0.3 is 0 Å². The lowest BCUT2D eigenvalue weighted by atomic mass is 9.84. The van der Waals surface area contributed by atoms with Crippen LogP contribution >= 0.6 is 0 Å². The van der Waals surface area contributed by atoms with Gasteiger partial charge in [-0.25, -0.2) is 0 Å². The Morgan fingerprint density at radius 3 is 2.38 bits per heavy atom. The monoisotopic (exact) mass is 226 g/mol. The van der Waals surface area contributed by atoms with Gasteiger partial charge in [0.1, 0.15) is 0 Å². The fourth-order valence-electron chi connectivity index (χ4n) is 3.23. The summed E-state index contributed by atoms with van der Waals surface area (Å²) in [4.78, 5) is 2.55. The summed E-state index contributed by atoms with van der Waals surface area (Å²) in [6.45, 7) is 7.67. The van der Waals surface area contributed by atoms with Crippen LogP contribution in [-0.4, -0.2) is 42.8 Å². The zero-order chi connectivity index (χ0) is 11.5. The van der Waals surface area contributed by atoms with Gasteiger partial charge in [0.25, 0.3) is 0 Å². The van der Waals surface area contributed by atoms with E-state index in [1.807, 2.05) is 0 Å². The van der Waals surface area contributed by atoms with Crippen molar-refractivity contribution in [1.82, 2.24) is 4.90 Å². The molecule has 0 aromatic heterocycles. The van der Waals surface area contributed by atoms with Gasteiger partial charge < -0.3 is 10.5 Å². The highest BCUT2D eigenvalue weighted by molar-refractivity contribution is 4.83. The fourth-order valence-corrected chi connectivity index (χ4v) is 3.23. The van der Waals surface area contributed by atoms with Crippen molar-refractivity contribution in [2.24, 2.45) is 11.7 Å². The van der Waals surface area contributed by atoms with Crippen LogP contribution in [0.2, 0.25) is 0 Å². The third-order valence-electron chi connectivity index (χ3n) is 3.96. The minimum Gasteiger partial charge on any atom is -0.373 e. The van der Waals surface area contributed by atoms with Crippen LogP contribution in [0.1, 0.15) is 39.5 Å². The quantitative estimate of drug-likeness (QED) is 0.777. The van der Waals surface area contributed by atoms with E-state index in [1.165, 1.54) is 32.2 Å². The summed E-state index contributed by atoms with van der Waals surface area (Å²) < 4.78 is 5.76. The van der Waals surface area contributed by atoms with Crippen molar-refractivity contribution in [2.75, 3.05) is 19.6 Å². The molecule has 0 bridgehead atoms. The van der Waals surface area contributed by atoms with Gasteiger partial charge in [-0.2, -0.15) is 0 Å². The summed E-state index contributed by atoms with van der Waals surface area (Å²) in [6.07, 6.45) is 6.00. The molecule has 1 heterocycles. The lowest BCUT2D eigenvalue weighted by Crippen LogP contribution is -2.49. The molecule has 2 unspecified atom stereocenters. The number of morpholine rings is 1. The summed E-state index contributed by atoms with van der Waals surface area (Å²) >= 11 is 0. The molecular formula is C13H26N2O. The van der Waals surface area contributed by atoms with Crippen molar-refractivity contribution >= 4 is 0 Å². The molecule has 16 heavy (non-hydrogen) atoms. The van der Waals surface area contributed by atoms with Gasteiger partial charge in [0.2, 0.25) is 0 Å². The normalized spacial score (nSPS) is 42.2. The Labute approximate surface area is 99.3 Å². The lowest BCUT2D eigenvalue weighted by molar-refractivity contribution is -0.0730. The Balaban J connectivity index is 1.83. The van der Waals surface area contributed by atoms with E-state index >= 15 is 0 Å². The average Bonchev–Trinajstić information content (AvgIpc) is 2.20. The summed E-state index contributed by atoms with van der Waals surface area (Å²) in [5, 5.41) is 0. The van der Waals surface area contributed by atoms with E-state index in [2.05, 4.69) is 18.7 Å². The molecule has 2 N–H and O–H groups in total. The third kappa shape index (κ3) is 3.19. The van der Waals surface area contributed by atoms with E-state index in [0.717, 1.165) is 13.1 Å². The minimum absolute atomic E-state index is 0.378. The van der Waals surface area contributed by atoms with Crippen molar-refractivity contribution in [3.8, 4) is 0 Å². The third-order valence-corrected chi connectivity index (χ3v) is 3.96. The number of nitrogens with zero attached hydrogens (tertiary/aromatic N) is 1. The highest BCUT2D eigenvalue weighted by atomic mass is 16.5. The Morgan fingerprint density at radius 2 is 1.75 bits per heavy atom. The first-order valence-corrected chi connectivity index (χ1v) is 6.78. The second kappa shape index (κ2) is 5.48. The lowest BCUT2D eigenvalue weighted by Gasteiger charge is -2.39. The van der Waals surface area contributed by atoms with Crippen LogP contribution in [0.25, 0.3) is 0 Å². The minimum atomic E-state index is 0.378. The first-order chi connectivity index (χ1) is 7.65. The number of ether oxygens (including phenoxy) is 1. The first-order valence-electron chi connectivity index (χ1n) is 6.78. The number of nitrogens with two attached hydrogens (primary N) is 1. The van der Waals surface area contributed by atoms with Gasteiger partial charge in [-0.05, 0) is 32.6 Å². The van der Waals surface area contributed by atoms with Crippen molar-refractivity contribution < 1.29 is 4.74 Å². The van der Waals surface area contributed by atoms with Gasteiger partial charge in [-0.15, -0.1) is 0 Å². The van der Waals surface area contributed by atoms with Crippen molar-refractivity contribution in [2.45, 2.75) is 57.8 Å². The summed E-state index contributed by atoms with van der Waals surface area (Å²) in [5.74, 6) is 0.714. The molecule has 3 nitrogen and oxygen atoms in total. The van der Waals surface area contributed by atoms with Crippen LogP contribution in [0, 0.1) is 5.92 Å². The predicted octanol–water partition coefficient (Wildman–Crippen LogP) is 1.61. The molecule has 3 heteroatoms. The standard InChI is InChI=1S/C13H26N2O/c1-10-7-15(8-11(2)16-10)9-12-5-3-4-6-13(12)14/h10-13H,3-9,14H2,1-2H3/t10-,11+,12?,13?. The number of hydrogen-bond acceptors (Lipinski definition) is 3. The number of rotatable bonds is 2. The maximum Gasteiger partial charge on any atom is 0.0678 e. The van der Waals surface area contributed by atoms with Crippen LogP contribution in [0.3, 0.4) is 0 Å². The highest BCUT2D eigenvalue weighted by Gasteiger charge is 2.28. The first kappa shape index (κ1) is 12.3. The zero-order valence-electron chi connectivity index (χ0n) is 10.7. The Kier molecular flexibility index (Phi) is 4.22. The molecule has 1 aliphatic carbocycles. The van der Waals surface area contributed by atoms with Gasteiger partial charge in [0, 0.05) is 25.7 Å². The SMILES string of the molecule is C[C@@H]1CN(CC2CCCCC2N)C[C@H](C)O1. The topological polar surface area (TPSA) is 38.5 Å². The Morgan fingerprint density at radius 1 is 1.12 bits per heavy atom. The molecule has 2 aliphatic rings. The Bertz CT molecular complexity index is 212. The van der Waals surface area contributed by atoms with Crippen LogP contribution in [0.4, 0.5) is 0 Å². The largest absolute Gasteiger partial charge is 0.373 e. The molecule has 0 spiro atoms. The molecule has 1 saturated carbocycles. The van der Waals surface area contributed by atoms with Crippen LogP contribution in [0.15, 0.2) is 0 Å². The van der Waals surface area contributed by atoms with Gasteiger partial charge in [-0.1, -0.05) is 12.8 Å². The van der Waals surface area contributed by atoms with Gasteiger partial charge in [0.05, 0.1) is 12.2 Å². The molecule has 4 atom stereocenters.